The molecule has 1 aliphatic carbocycles. The number of carboxylic acid groups (broad SMARTS) is 1. The molecule has 2 rings (SSSR count). The van der Waals surface area contributed by atoms with Crippen LogP contribution < -0.4 is 5.32 Å². The topological polar surface area (TPSA) is 117 Å². The lowest BCUT2D eigenvalue weighted by molar-refractivity contribution is -0.145. The first kappa shape index (κ1) is 17.5. The Morgan fingerprint density at radius 3 is 2.39 bits per heavy atom. The number of aliphatic carboxylic acids is 1. The average Bonchev–Trinajstić information content (AvgIpc) is 2.98. The van der Waals surface area contributed by atoms with Crippen molar-refractivity contribution in [1.29, 1.82) is 0 Å². The number of sulfonamides is 1. The number of carbonyl (C=O) groups excluding carboxylic acids is 1. The molecule has 8 nitrogen and oxygen atoms in total. The van der Waals surface area contributed by atoms with E-state index < -0.39 is 27.4 Å². The number of nitrogens with one attached hydrogen (secondary N) is 1. The Morgan fingerprint density at radius 1 is 1.26 bits per heavy atom. The van der Waals surface area contributed by atoms with E-state index in [0.717, 1.165) is 35.9 Å². The van der Waals surface area contributed by atoms with Crippen LogP contribution in [0.1, 0.15) is 42.5 Å². The molecular weight excluding hydrogens is 324 g/mol. The van der Waals surface area contributed by atoms with Crippen LogP contribution >= 0.6 is 0 Å². The second-order valence-electron chi connectivity index (χ2n) is 5.84. The third-order valence-corrected chi connectivity index (χ3v) is 5.73. The predicted octanol–water partition coefficient (Wildman–Crippen LogP) is 1.05. The van der Waals surface area contributed by atoms with Gasteiger partial charge in [0.1, 0.15) is 11.8 Å². The summed E-state index contributed by atoms with van der Waals surface area (Å²) in [7, 11) is -1.09. The highest BCUT2D eigenvalue weighted by atomic mass is 32.2. The summed E-state index contributed by atoms with van der Waals surface area (Å²) >= 11 is 0. The highest BCUT2D eigenvalue weighted by Crippen LogP contribution is 2.29. The number of hydrogen-bond acceptors (Lipinski definition) is 5. The van der Waals surface area contributed by atoms with E-state index in [1.807, 2.05) is 0 Å². The van der Waals surface area contributed by atoms with Crippen molar-refractivity contribution in [1.82, 2.24) is 9.62 Å². The lowest BCUT2D eigenvalue weighted by Crippen LogP contribution is -2.55. The van der Waals surface area contributed by atoms with Gasteiger partial charge in [-0.05, 0) is 12.8 Å². The first-order chi connectivity index (χ1) is 10.7. The van der Waals surface area contributed by atoms with Gasteiger partial charge in [-0.1, -0.05) is 19.3 Å². The highest BCUT2D eigenvalue weighted by molar-refractivity contribution is 7.88. The van der Waals surface area contributed by atoms with Crippen molar-refractivity contribution < 1.29 is 27.5 Å². The summed E-state index contributed by atoms with van der Waals surface area (Å²) in [5, 5.41) is 11.6. The average molecular weight is 344 g/mol. The van der Waals surface area contributed by atoms with Gasteiger partial charge in [0, 0.05) is 20.2 Å². The van der Waals surface area contributed by atoms with E-state index in [1.54, 1.807) is 0 Å². The number of hydrogen-bond donors (Lipinski definition) is 2. The van der Waals surface area contributed by atoms with Crippen LogP contribution in [0.15, 0.2) is 21.8 Å². The molecular formula is C14H20N2O6S. The molecule has 1 aliphatic rings. The summed E-state index contributed by atoms with van der Waals surface area (Å²) in [6, 6.07) is 1.10. The molecule has 0 aliphatic heterocycles. The van der Waals surface area contributed by atoms with Gasteiger partial charge in [-0.25, -0.2) is 17.5 Å². The lowest BCUT2D eigenvalue weighted by Gasteiger charge is -2.33. The number of carboxylic acids is 1. The molecule has 0 saturated heterocycles. The van der Waals surface area contributed by atoms with E-state index in [4.69, 9.17) is 4.42 Å². The molecule has 128 valence electrons. The number of carbonyl (C=O) groups is 2. The van der Waals surface area contributed by atoms with E-state index in [9.17, 15) is 23.1 Å². The van der Waals surface area contributed by atoms with E-state index >= 15 is 0 Å². The fraction of sp³-hybridized carbons (Fsp3) is 0.571. The summed E-state index contributed by atoms with van der Waals surface area (Å²) in [6.07, 6.45) is 4.10. The van der Waals surface area contributed by atoms with Gasteiger partial charge < -0.3 is 14.8 Å². The van der Waals surface area contributed by atoms with Gasteiger partial charge in [0.2, 0.25) is 5.09 Å². The Bertz CT molecular complexity index is 701. The van der Waals surface area contributed by atoms with E-state index in [2.05, 4.69) is 5.32 Å². The molecule has 1 heterocycles. The normalized spacial score (nSPS) is 17.9. The lowest BCUT2D eigenvalue weighted by atomic mass is 9.81. The molecule has 0 unspecified atom stereocenters. The second kappa shape index (κ2) is 6.32. The smallest absolute Gasteiger partial charge is 0.329 e. The largest absolute Gasteiger partial charge is 0.480 e. The molecule has 0 spiro atoms. The van der Waals surface area contributed by atoms with Crippen molar-refractivity contribution in [2.24, 2.45) is 0 Å². The van der Waals surface area contributed by atoms with Crippen molar-refractivity contribution in [3.8, 4) is 0 Å². The monoisotopic (exact) mass is 344 g/mol. The Labute approximate surface area is 134 Å². The molecule has 1 saturated carbocycles. The SMILES string of the molecule is CN(C)S(=O)(=O)c1cc(C(=O)NC2(C(=O)O)CCCCC2)co1. The van der Waals surface area contributed by atoms with Crippen LogP contribution in [0.5, 0.6) is 0 Å². The highest BCUT2D eigenvalue weighted by Gasteiger charge is 2.41. The van der Waals surface area contributed by atoms with Crippen LogP contribution in [0.3, 0.4) is 0 Å². The second-order valence-corrected chi connectivity index (χ2v) is 7.93. The van der Waals surface area contributed by atoms with Crippen LogP contribution in [-0.4, -0.2) is 49.3 Å². The van der Waals surface area contributed by atoms with Crippen LogP contribution in [0.2, 0.25) is 0 Å². The first-order valence-electron chi connectivity index (χ1n) is 7.26. The van der Waals surface area contributed by atoms with Gasteiger partial charge in [0.25, 0.3) is 15.9 Å². The maximum Gasteiger partial charge on any atom is 0.329 e. The van der Waals surface area contributed by atoms with E-state index in [-0.39, 0.29) is 10.7 Å². The van der Waals surface area contributed by atoms with Crippen LogP contribution in [-0.2, 0) is 14.8 Å². The Balaban J connectivity index is 2.21. The van der Waals surface area contributed by atoms with Gasteiger partial charge in [-0.15, -0.1) is 0 Å². The quantitative estimate of drug-likeness (QED) is 0.824. The predicted molar refractivity (Wildman–Crippen MR) is 80.5 cm³/mol. The molecule has 0 bridgehead atoms. The van der Waals surface area contributed by atoms with Crippen LogP contribution in [0.25, 0.3) is 0 Å². The van der Waals surface area contributed by atoms with E-state index in [1.165, 1.54) is 14.1 Å². The zero-order valence-corrected chi connectivity index (χ0v) is 13.9. The summed E-state index contributed by atoms with van der Waals surface area (Å²) in [6.45, 7) is 0. The summed E-state index contributed by atoms with van der Waals surface area (Å²) in [5.74, 6) is -1.73. The van der Waals surface area contributed by atoms with Crippen molar-refractivity contribution >= 4 is 21.9 Å². The Hall–Kier alpha value is -1.87. The van der Waals surface area contributed by atoms with Crippen molar-refractivity contribution in [3.05, 3.63) is 17.9 Å². The van der Waals surface area contributed by atoms with Gasteiger partial charge in [0.05, 0.1) is 5.56 Å². The summed E-state index contributed by atoms with van der Waals surface area (Å²) < 4.78 is 29.8. The fourth-order valence-corrected chi connectivity index (χ4v) is 3.39. The molecule has 0 radical (unpaired) electrons. The molecule has 1 fully saturated rings. The van der Waals surface area contributed by atoms with Gasteiger partial charge in [-0.3, -0.25) is 4.79 Å². The molecule has 2 N–H and O–H groups in total. The minimum absolute atomic E-state index is 0.0170. The molecule has 23 heavy (non-hydrogen) atoms. The summed E-state index contributed by atoms with van der Waals surface area (Å²) in [4.78, 5) is 23.8. The maximum absolute atomic E-state index is 12.3. The third kappa shape index (κ3) is 3.40. The fourth-order valence-electron chi connectivity index (χ4n) is 2.59. The van der Waals surface area contributed by atoms with Gasteiger partial charge >= 0.3 is 5.97 Å². The molecule has 0 aromatic carbocycles. The van der Waals surface area contributed by atoms with E-state index in [0.29, 0.717) is 12.8 Å². The van der Waals surface area contributed by atoms with Crippen molar-refractivity contribution in [2.75, 3.05) is 14.1 Å². The molecule has 9 heteroatoms. The third-order valence-electron chi connectivity index (χ3n) is 4.04. The Morgan fingerprint density at radius 2 is 1.87 bits per heavy atom. The number of amides is 1. The van der Waals surface area contributed by atoms with Crippen LogP contribution in [0.4, 0.5) is 0 Å². The van der Waals surface area contributed by atoms with Gasteiger partial charge in [-0.2, -0.15) is 0 Å². The standard InChI is InChI=1S/C14H20N2O6S/c1-16(2)23(20,21)11-8-10(9-22-11)12(17)15-14(13(18)19)6-4-3-5-7-14/h8-9H,3-7H2,1-2H3,(H,15,17)(H,18,19). The van der Waals surface area contributed by atoms with Crippen LogP contribution in [0, 0.1) is 0 Å². The minimum atomic E-state index is -3.78. The number of rotatable bonds is 5. The molecule has 1 amide bonds. The van der Waals surface area contributed by atoms with Crippen molar-refractivity contribution in [2.45, 2.75) is 42.7 Å². The molecule has 0 atom stereocenters. The maximum atomic E-state index is 12.3. The number of furan rings is 1. The first-order valence-corrected chi connectivity index (χ1v) is 8.70. The minimum Gasteiger partial charge on any atom is -0.480 e. The van der Waals surface area contributed by atoms with Crippen molar-refractivity contribution in [3.63, 3.8) is 0 Å². The molecule has 1 aromatic rings. The zero-order chi connectivity index (χ0) is 17.3. The summed E-state index contributed by atoms with van der Waals surface area (Å²) in [5.41, 5.74) is -1.32. The Kier molecular flexibility index (Phi) is 4.81. The molecule has 1 aromatic heterocycles. The number of nitrogens with zero attached hydrogens (tertiary/aromatic N) is 1. The van der Waals surface area contributed by atoms with Gasteiger partial charge in [0.15, 0.2) is 0 Å². The zero-order valence-electron chi connectivity index (χ0n) is 13.0.